The van der Waals surface area contributed by atoms with Gasteiger partial charge in [0.25, 0.3) is 0 Å². The molecular formula is C16H18N4S. The second kappa shape index (κ2) is 5.15. The first-order valence-electron chi connectivity index (χ1n) is 7.47. The summed E-state index contributed by atoms with van der Waals surface area (Å²) in [5.74, 6) is 1.22. The maximum Gasteiger partial charge on any atom is 0.180 e. The van der Waals surface area contributed by atoms with Crippen LogP contribution in [0.15, 0.2) is 29.6 Å². The molecule has 1 aliphatic rings. The zero-order valence-corrected chi connectivity index (χ0v) is 12.6. The largest absolute Gasteiger partial charge is 0.375 e. The minimum absolute atomic E-state index is 0.662. The Bertz CT molecular complexity index is 770. The molecule has 0 aliphatic heterocycles. The van der Waals surface area contributed by atoms with Gasteiger partial charge in [-0.05, 0) is 37.8 Å². The van der Waals surface area contributed by atoms with E-state index in [1.54, 1.807) is 0 Å². The lowest BCUT2D eigenvalue weighted by Gasteiger charge is -2.07. The fourth-order valence-electron chi connectivity index (χ4n) is 2.88. The van der Waals surface area contributed by atoms with Gasteiger partial charge in [0.2, 0.25) is 0 Å². The summed E-state index contributed by atoms with van der Waals surface area (Å²) in [7, 11) is 0. The Balaban J connectivity index is 1.54. The van der Waals surface area contributed by atoms with E-state index >= 15 is 0 Å². The molecule has 1 aliphatic carbocycles. The summed E-state index contributed by atoms with van der Waals surface area (Å²) >= 11 is 1.52. The van der Waals surface area contributed by atoms with E-state index in [2.05, 4.69) is 39.2 Å². The third-order valence-corrected chi connectivity index (χ3v) is 4.71. The van der Waals surface area contributed by atoms with Gasteiger partial charge in [-0.15, -0.1) is 11.3 Å². The molecule has 0 saturated heterocycles. The maximum absolute atomic E-state index is 5.68. The van der Waals surface area contributed by atoms with Crippen LogP contribution in [0.25, 0.3) is 11.0 Å². The van der Waals surface area contributed by atoms with E-state index in [1.807, 2.05) is 0 Å². The predicted molar refractivity (Wildman–Crippen MR) is 86.6 cm³/mol. The highest BCUT2D eigenvalue weighted by Gasteiger charge is 2.27. The molecule has 0 unspecified atom stereocenters. The number of hydrogen-bond donors (Lipinski definition) is 1. The zero-order valence-electron chi connectivity index (χ0n) is 11.8. The van der Waals surface area contributed by atoms with Crippen molar-refractivity contribution < 1.29 is 0 Å². The number of nitrogens with two attached hydrogens (primary N) is 1. The van der Waals surface area contributed by atoms with Gasteiger partial charge < -0.3 is 10.3 Å². The minimum Gasteiger partial charge on any atom is -0.375 e. The van der Waals surface area contributed by atoms with Crippen LogP contribution in [0, 0.1) is 0 Å². The molecule has 3 aromatic rings. The third-order valence-electron chi connectivity index (χ3n) is 3.98. The van der Waals surface area contributed by atoms with Crippen LogP contribution < -0.4 is 5.73 Å². The number of nitrogen functional groups attached to an aromatic ring is 1. The molecule has 4 rings (SSSR count). The zero-order chi connectivity index (χ0) is 14.2. The number of thiazole rings is 1. The number of aromatic nitrogens is 3. The van der Waals surface area contributed by atoms with E-state index < -0.39 is 0 Å². The average molecular weight is 298 g/mol. The summed E-state index contributed by atoms with van der Waals surface area (Å²) in [5.41, 5.74) is 9.19. The Morgan fingerprint density at radius 3 is 2.81 bits per heavy atom. The highest BCUT2D eigenvalue weighted by atomic mass is 32.1. The van der Waals surface area contributed by atoms with E-state index in [0.717, 1.165) is 30.5 Å². The first kappa shape index (κ1) is 12.8. The van der Waals surface area contributed by atoms with Gasteiger partial charge in [0.05, 0.1) is 16.7 Å². The maximum atomic E-state index is 5.68. The Morgan fingerprint density at radius 1 is 1.19 bits per heavy atom. The highest BCUT2D eigenvalue weighted by molar-refractivity contribution is 7.13. The Kier molecular flexibility index (Phi) is 3.15. The number of imidazole rings is 1. The molecule has 108 valence electrons. The molecule has 1 saturated carbocycles. The first-order chi connectivity index (χ1) is 10.3. The number of benzene rings is 1. The number of fused-ring (bicyclic) bond motifs is 1. The van der Waals surface area contributed by atoms with Crippen molar-refractivity contribution in [1.82, 2.24) is 14.5 Å². The molecule has 2 heterocycles. The predicted octanol–water partition coefficient (Wildman–Crippen LogP) is 3.59. The van der Waals surface area contributed by atoms with Crippen LogP contribution >= 0.6 is 11.3 Å². The van der Waals surface area contributed by atoms with Crippen molar-refractivity contribution in [3.8, 4) is 0 Å². The summed E-state index contributed by atoms with van der Waals surface area (Å²) in [6.07, 6.45) is 5.62. The van der Waals surface area contributed by atoms with Crippen molar-refractivity contribution in [2.45, 2.75) is 38.1 Å². The number of anilines is 1. The van der Waals surface area contributed by atoms with Gasteiger partial charge in [0, 0.05) is 17.8 Å². The Labute approximate surface area is 127 Å². The molecule has 21 heavy (non-hydrogen) atoms. The second-order valence-corrected chi connectivity index (χ2v) is 6.54. The lowest BCUT2D eigenvalue weighted by atomic mass is 10.2. The number of rotatable bonds is 5. The van der Waals surface area contributed by atoms with Crippen molar-refractivity contribution in [2.24, 2.45) is 0 Å². The standard InChI is InChI=1S/C16H18N4S/c17-16-18-11(10-21-16)4-3-7-15-19-13-5-1-2-6-14(13)20(15)12-8-9-12/h1-2,5-6,10,12H,3-4,7-9H2,(H2,17,18). The van der Waals surface area contributed by atoms with Gasteiger partial charge >= 0.3 is 0 Å². The summed E-state index contributed by atoms with van der Waals surface area (Å²) in [6, 6.07) is 9.13. The molecule has 1 fully saturated rings. The lowest BCUT2D eigenvalue weighted by molar-refractivity contribution is 0.668. The van der Waals surface area contributed by atoms with Crippen LogP contribution in [-0.2, 0) is 12.8 Å². The van der Waals surface area contributed by atoms with Crippen molar-refractivity contribution >= 4 is 27.5 Å². The number of nitrogens with zero attached hydrogens (tertiary/aromatic N) is 3. The van der Waals surface area contributed by atoms with Crippen molar-refractivity contribution in [3.05, 3.63) is 41.2 Å². The van der Waals surface area contributed by atoms with E-state index in [1.165, 1.54) is 35.5 Å². The second-order valence-electron chi connectivity index (χ2n) is 5.65. The highest BCUT2D eigenvalue weighted by Crippen LogP contribution is 2.38. The molecule has 5 heteroatoms. The van der Waals surface area contributed by atoms with Crippen molar-refractivity contribution in [1.29, 1.82) is 0 Å². The van der Waals surface area contributed by atoms with Gasteiger partial charge in [-0.2, -0.15) is 0 Å². The van der Waals surface area contributed by atoms with E-state index in [0.29, 0.717) is 11.2 Å². The molecule has 0 spiro atoms. The fourth-order valence-corrected chi connectivity index (χ4v) is 3.47. The molecule has 0 bridgehead atoms. The first-order valence-corrected chi connectivity index (χ1v) is 8.35. The number of para-hydroxylation sites is 2. The van der Waals surface area contributed by atoms with E-state index in [4.69, 9.17) is 10.7 Å². The van der Waals surface area contributed by atoms with Gasteiger partial charge in [0.15, 0.2) is 5.13 Å². The molecule has 0 radical (unpaired) electrons. The summed E-state index contributed by atoms with van der Waals surface area (Å²) in [5, 5.41) is 2.72. The van der Waals surface area contributed by atoms with Crippen LogP contribution in [0.3, 0.4) is 0 Å². The average Bonchev–Trinajstić information content (AvgIpc) is 3.13. The van der Waals surface area contributed by atoms with E-state index in [-0.39, 0.29) is 0 Å². The Hall–Kier alpha value is -1.88. The summed E-state index contributed by atoms with van der Waals surface area (Å²) < 4.78 is 2.45. The molecular weight excluding hydrogens is 280 g/mol. The normalized spacial score (nSPS) is 14.9. The monoisotopic (exact) mass is 298 g/mol. The third kappa shape index (κ3) is 2.53. The summed E-state index contributed by atoms with van der Waals surface area (Å²) in [6.45, 7) is 0. The van der Waals surface area contributed by atoms with Gasteiger partial charge in [0.1, 0.15) is 5.82 Å². The molecule has 0 amide bonds. The SMILES string of the molecule is Nc1nc(CCCc2nc3ccccc3n2C2CC2)cs1. The van der Waals surface area contributed by atoms with Crippen molar-refractivity contribution in [3.63, 3.8) is 0 Å². The molecule has 0 atom stereocenters. The smallest absolute Gasteiger partial charge is 0.180 e. The topological polar surface area (TPSA) is 56.7 Å². The van der Waals surface area contributed by atoms with Gasteiger partial charge in [-0.3, -0.25) is 0 Å². The van der Waals surface area contributed by atoms with Crippen LogP contribution in [-0.4, -0.2) is 14.5 Å². The van der Waals surface area contributed by atoms with Crippen molar-refractivity contribution in [2.75, 3.05) is 5.73 Å². The summed E-state index contributed by atoms with van der Waals surface area (Å²) in [4.78, 5) is 9.15. The molecule has 4 nitrogen and oxygen atoms in total. The van der Waals surface area contributed by atoms with Crippen LogP contribution in [0.2, 0.25) is 0 Å². The molecule has 2 aromatic heterocycles. The van der Waals surface area contributed by atoms with Crippen LogP contribution in [0.1, 0.15) is 36.8 Å². The van der Waals surface area contributed by atoms with Crippen LogP contribution in [0.4, 0.5) is 5.13 Å². The number of hydrogen-bond acceptors (Lipinski definition) is 4. The quantitative estimate of drug-likeness (QED) is 0.783. The molecule has 2 N–H and O–H groups in total. The van der Waals surface area contributed by atoms with Gasteiger partial charge in [-0.1, -0.05) is 12.1 Å². The van der Waals surface area contributed by atoms with E-state index in [9.17, 15) is 0 Å². The lowest BCUT2D eigenvalue weighted by Crippen LogP contribution is -2.02. The fraction of sp³-hybridized carbons (Fsp3) is 0.375. The molecule has 1 aromatic carbocycles. The number of aryl methyl sites for hydroxylation is 2. The minimum atomic E-state index is 0.662. The Morgan fingerprint density at radius 2 is 2.05 bits per heavy atom. The van der Waals surface area contributed by atoms with Crippen LogP contribution in [0.5, 0.6) is 0 Å². The van der Waals surface area contributed by atoms with Gasteiger partial charge in [-0.25, -0.2) is 9.97 Å².